The molecule has 1 aromatic carbocycles. The number of benzene rings is 1. The molecule has 1 unspecified atom stereocenters. The summed E-state index contributed by atoms with van der Waals surface area (Å²) in [6.45, 7) is 5.98. The maximum atomic E-state index is 5.82. The molecule has 4 rings (SSSR count). The molecule has 0 aliphatic carbocycles. The second-order valence-corrected chi connectivity index (χ2v) is 7.14. The Morgan fingerprint density at radius 2 is 2.04 bits per heavy atom. The summed E-state index contributed by atoms with van der Waals surface area (Å²) in [6.07, 6.45) is 5.88. The molecule has 0 saturated heterocycles. The maximum Gasteiger partial charge on any atom is 0.174 e. The Balaban J connectivity index is 1.68. The summed E-state index contributed by atoms with van der Waals surface area (Å²) >= 11 is 5.82. The van der Waals surface area contributed by atoms with Crippen LogP contribution in [0.2, 0.25) is 0 Å². The number of hydrogen-bond acceptors (Lipinski definition) is 2. The van der Waals surface area contributed by atoms with Gasteiger partial charge >= 0.3 is 0 Å². The van der Waals surface area contributed by atoms with Gasteiger partial charge in [0.15, 0.2) is 5.11 Å². The Morgan fingerprint density at radius 3 is 2.85 bits per heavy atom. The van der Waals surface area contributed by atoms with Crippen LogP contribution in [0.4, 0.5) is 5.69 Å². The lowest BCUT2D eigenvalue weighted by atomic mass is 10.0. The molecule has 1 aliphatic heterocycles. The van der Waals surface area contributed by atoms with Crippen molar-refractivity contribution in [3.8, 4) is 0 Å². The van der Waals surface area contributed by atoms with Gasteiger partial charge in [0.05, 0.1) is 6.04 Å². The van der Waals surface area contributed by atoms with Crippen molar-refractivity contribution in [2.45, 2.75) is 26.4 Å². The Hall–Kier alpha value is -2.66. The molecule has 0 fully saturated rings. The maximum absolute atomic E-state index is 5.82. The molecule has 5 heteroatoms. The molecule has 0 amide bonds. The second-order valence-electron chi connectivity index (χ2n) is 6.76. The summed E-state index contributed by atoms with van der Waals surface area (Å²) in [4.78, 5) is 6.59. The van der Waals surface area contributed by atoms with Crippen molar-refractivity contribution in [1.82, 2.24) is 14.5 Å². The summed E-state index contributed by atoms with van der Waals surface area (Å²) < 4.78 is 2.30. The van der Waals surface area contributed by atoms with Crippen molar-refractivity contribution >= 4 is 23.0 Å². The van der Waals surface area contributed by atoms with Crippen molar-refractivity contribution in [1.29, 1.82) is 0 Å². The highest BCUT2D eigenvalue weighted by molar-refractivity contribution is 7.80. The van der Waals surface area contributed by atoms with Crippen LogP contribution in [0.1, 0.15) is 28.4 Å². The Morgan fingerprint density at radius 1 is 1.15 bits per heavy atom. The minimum absolute atomic E-state index is 0.0672. The molecule has 3 aromatic rings. The summed E-state index contributed by atoms with van der Waals surface area (Å²) in [6, 6.07) is 14.8. The first-order valence-corrected chi connectivity index (χ1v) is 9.24. The number of thiocarbonyl (C=S) groups is 1. The van der Waals surface area contributed by atoms with Gasteiger partial charge in [0, 0.05) is 43.1 Å². The Labute approximate surface area is 159 Å². The fraction of sp³-hybridized carbons (Fsp3) is 0.238. The Kier molecular flexibility index (Phi) is 4.47. The van der Waals surface area contributed by atoms with Gasteiger partial charge in [-0.25, -0.2) is 0 Å². The lowest BCUT2D eigenvalue weighted by molar-refractivity contribution is 0.293. The third-order valence-electron chi connectivity index (χ3n) is 4.93. The monoisotopic (exact) mass is 362 g/mol. The number of nitrogens with zero attached hydrogens (tertiary/aromatic N) is 3. The number of hydrogen-bond donors (Lipinski definition) is 1. The number of rotatable bonds is 2. The molecule has 0 saturated carbocycles. The highest BCUT2D eigenvalue weighted by Crippen LogP contribution is 2.32. The van der Waals surface area contributed by atoms with Crippen LogP contribution >= 0.6 is 12.2 Å². The molecule has 132 valence electrons. The van der Waals surface area contributed by atoms with Gasteiger partial charge in [0.1, 0.15) is 0 Å². The van der Waals surface area contributed by atoms with Crippen LogP contribution in [0.5, 0.6) is 0 Å². The number of nitrogens with one attached hydrogen (secondary N) is 1. The van der Waals surface area contributed by atoms with E-state index in [0.717, 1.165) is 29.5 Å². The van der Waals surface area contributed by atoms with Gasteiger partial charge in [0.25, 0.3) is 0 Å². The van der Waals surface area contributed by atoms with E-state index in [1.165, 1.54) is 16.8 Å². The zero-order chi connectivity index (χ0) is 18.1. The van der Waals surface area contributed by atoms with E-state index in [4.69, 9.17) is 12.2 Å². The molecule has 4 nitrogen and oxygen atoms in total. The minimum atomic E-state index is 0.0672. The Bertz CT molecular complexity index is 932. The smallest absolute Gasteiger partial charge is 0.174 e. The summed E-state index contributed by atoms with van der Waals surface area (Å²) in [5.74, 6) is 0. The number of aryl methyl sites for hydroxylation is 2. The zero-order valence-electron chi connectivity index (χ0n) is 15.0. The minimum Gasteiger partial charge on any atom is -0.348 e. The first-order valence-electron chi connectivity index (χ1n) is 8.83. The standard InChI is InChI=1S/C21H22N4S/c1-15-7-8-16(2)18(13-15)23-21(26)25-12-11-24-10-4-6-19(24)20(25)17-5-3-9-22-14-17/h3-10,13-14,20H,11-12H2,1-2H3,(H,23,26). The first kappa shape index (κ1) is 16.8. The number of aromatic nitrogens is 2. The predicted molar refractivity (Wildman–Crippen MR) is 109 cm³/mol. The van der Waals surface area contributed by atoms with E-state index in [2.05, 4.69) is 76.2 Å². The van der Waals surface area contributed by atoms with Gasteiger partial charge in [0.2, 0.25) is 0 Å². The van der Waals surface area contributed by atoms with E-state index in [9.17, 15) is 0 Å². The molecule has 1 atom stereocenters. The van der Waals surface area contributed by atoms with Crippen LogP contribution in [-0.4, -0.2) is 26.1 Å². The molecule has 0 bridgehead atoms. The average molecular weight is 363 g/mol. The van der Waals surface area contributed by atoms with Crippen LogP contribution in [0.3, 0.4) is 0 Å². The third-order valence-corrected chi connectivity index (χ3v) is 5.27. The molecule has 1 N–H and O–H groups in total. The van der Waals surface area contributed by atoms with E-state index in [0.29, 0.717) is 0 Å². The normalized spacial score (nSPS) is 16.2. The number of fused-ring (bicyclic) bond motifs is 1. The number of anilines is 1. The quantitative estimate of drug-likeness (QED) is 0.689. The van der Waals surface area contributed by atoms with Crippen LogP contribution in [0.15, 0.2) is 61.1 Å². The zero-order valence-corrected chi connectivity index (χ0v) is 15.8. The molecule has 3 heterocycles. The molecular formula is C21H22N4S. The van der Waals surface area contributed by atoms with Crippen molar-refractivity contribution in [3.05, 3.63) is 83.4 Å². The van der Waals surface area contributed by atoms with Crippen molar-refractivity contribution in [3.63, 3.8) is 0 Å². The lowest BCUT2D eigenvalue weighted by Crippen LogP contribution is -2.44. The fourth-order valence-electron chi connectivity index (χ4n) is 3.55. The summed E-state index contributed by atoms with van der Waals surface area (Å²) in [7, 11) is 0. The molecule has 0 radical (unpaired) electrons. The van der Waals surface area contributed by atoms with Crippen molar-refractivity contribution in [2.75, 3.05) is 11.9 Å². The van der Waals surface area contributed by atoms with Crippen LogP contribution < -0.4 is 5.32 Å². The SMILES string of the molecule is Cc1ccc(C)c(NC(=S)N2CCn3cccc3C2c2cccnc2)c1. The molecule has 1 aliphatic rings. The average Bonchev–Trinajstić information content (AvgIpc) is 3.13. The third kappa shape index (κ3) is 3.10. The summed E-state index contributed by atoms with van der Waals surface area (Å²) in [5.41, 5.74) is 5.88. The van der Waals surface area contributed by atoms with Gasteiger partial charge in [-0.2, -0.15) is 0 Å². The van der Waals surface area contributed by atoms with Gasteiger partial charge in [-0.15, -0.1) is 0 Å². The predicted octanol–water partition coefficient (Wildman–Crippen LogP) is 4.30. The van der Waals surface area contributed by atoms with Crippen LogP contribution in [-0.2, 0) is 6.54 Å². The van der Waals surface area contributed by atoms with E-state index < -0.39 is 0 Å². The van der Waals surface area contributed by atoms with E-state index >= 15 is 0 Å². The van der Waals surface area contributed by atoms with Gasteiger partial charge < -0.3 is 14.8 Å². The van der Waals surface area contributed by atoms with Crippen LogP contribution in [0, 0.1) is 13.8 Å². The van der Waals surface area contributed by atoms with Crippen molar-refractivity contribution in [2.24, 2.45) is 0 Å². The highest BCUT2D eigenvalue weighted by Gasteiger charge is 2.30. The summed E-state index contributed by atoms with van der Waals surface area (Å²) in [5, 5.41) is 4.22. The molecule has 0 spiro atoms. The van der Waals surface area contributed by atoms with Gasteiger partial charge in [-0.1, -0.05) is 18.2 Å². The second kappa shape index (κ2) is 6.92. The van der Waals surface area contributed by atoms with Crippen LogP contribution in [0.25, 0.3) is 0 Å². The topological polar surface area (TPSA) is 33.1 Å². The highest BCUT2D eigenvalue weighted by atomic mass is 32.1. The molecule has 26 heavy (non-hydrogen) atoms. The van der Waals surface area contributed by atoms with E-state index in [1.807, 2.05) is 18.5 Å². The van der Waals surface area contributed by atoms with Crippen molar-refractivity contribution < 1.29 is 0 Å². The fourth-order valence-corrected chi connectivity index (χ4v) is 3.85. The largest absolute Gasteiger partial charge is 0.348 e. The van der Waals surface area contributed by atoms with Gasteiger partial charge in [-0.05, 0) is 67.0 Å². The first-order chi connectivity index (χ1) is 12.6. The molecular weight excluding hydrogens is 340 g/mol. The van der Waals surface area contributed by atoms with E-state index in [-0.39, 0.29) is 6.04 Å². The number of pyridine rings is 1. The van der Waals surface area contributed by atoms with Gasteiger partial charge in [-0.3, -0.25) is 4.98 Å². The lowest BCUT2D eigenvalue weighted by Gasteiger charge is -2.39. The molecule has 2 aromatic heterocycles. The van der Waals surface area contributed by atoms with E-state index in [1.54, 1.807) is 0 Å².